The third-order valence-electron chi connectivity index (χ3n) is 2.74. The summed E-state index contributed by atoms with van der Waals surface area (Å²) in [4.78, 5) is 36.1. The molecule has 0 unspecified atom stereocenters. The van der Waals surface area contributed by atoms with Gasteiger partial charge in [-0.1, -0.05) is 17.7 Å². The highest BCUT2D eigenvalue weighted by Gasteiger charge is 2.36. The molecular formula is C14H11ClFNO4S. The molecule has 0 bridgehead atoms. The van der Waals surface area contributed by atoms with E-state index < -0.39 is 29.5 Å². The van der Waals surface area contributed by atoms with Gasteiger partial charge in [0.15, 0.2) is 0 Å². The van der Waals surface area contributed by atoms with E-state index in [0.717, 1.165) is 4.90 Å². The van der Waals surface area contributed by atoms with Crippen molar-refractivity contribution in [1.82, 2.24) is 4.90 Å². The van der Waals surface area contributed by atoms with Gasteiger partial charge < -0.3 is 4.74 Å². The minimum atomic E-state index is -0.685. The number of carbonyl (C=O) groups is 3. The summed E-state index contributed by atoms with van der Waals surface area (Å²) in [7, 11) is 0. The number of amides is 2. The molecular weight excluding hydrogens is 333 g/mol. The lowest BCUT2D eigenvalue weighted by atomic mass is 10.2. The second kappa shape index (κ2) is 6.93. The molecule has 0 aromatic heterocycles. The number of thioether (sulfide) groups is 1. The zero-order valence-electron chi connectivity index (χ0n) is 11.5. The van der Waals surface area contributed by atoms with Gasteiger partial charge in [0.05, 0.1) is 16.5 Å². The van der Waals surface area contributed by atoms with Gasteiger partial charge in [-0.2, -0.15) is 0 Å². The molecule has 0 saturated carbocycles. The van der Waals surface area contributed by atoms with Crippen molar-refractivity contribution in [3.63, 3.8) is 0 Å². The predicted molar refractivity (Wildman–Crippen MR) is 80.7 cm³/mol. The van der Waals surface area contributed by atoms with Crippen LogP contribution in [0.2, 0.25) is 5.02 Å². The Morgan fingerprint density at radius 1 is 1.45 bits per heavy atom. The summed E-state index contributed by atoms with van der Waals surface area (Å²) in [6.07, 6.45) is 1.20. The highest BCUT2D eigenvalue weighted by atomic mass is 35.5. The fourth-order valence-electron chi connectivity index (χ4n) is 1.75. The first-order chi connectivity index (χ1) is 10.4. The lowest BCUT2D eigenvalue weighted by Crippen LogP contribution is -2.34. The highest BCUT2D eigenvalue weighted by molar-refractivity contribution is 8.18. The molecule has 1 fully saturated rings. The zero-order chi connectivity index (χ0) is 16.3. The van der Waals surface area contributed by atoms with Crippen molar-refractivity contribution in [2.45, 2.75) is 6.92 Å². The third-order valence-corrected chi connectivity index (χ3v) is 3.98. The zero-order valence-corrected chi connectivity index (χ0v) is 13.0. The number of halogens is 2. The van der Waals surface area contributed by atoms with Gasteiger partial charge in [0, 0.05) is 5.56 Å². The van der Waals surface area contributed by atoms with Gasteiger partial charge >= 0.3 is 5.97 Å². The number of ether oxygens (including phenoxy) is 1. The number of rotatable bonds is 4. The molecule has 5 nitrogen and oxygen atoms in total. The van der Waals surface area contributed by atoms with Crippen LogP contribution in [0.15, 0.2) is 23.1 Å². The molecule has 1 heterocycles. The van der Waals surface area contributed by atoms with Crippen LogP contribution in [0.3, 0.4) is 0 Å². The van der Waals surface area contributed by atoms with Crippen LogP contribution >= 0.6 is 23.4 Å². The smallest absolute Gasteiger partial charge is 0.326 e. The first-order valence-electron chi connectivity index (χ1n) is 6.29. The highest BCUT2D eigenvalue weighted by Crippen LogP contribution is 2.34. The number of imide groups is 1. The minimum absolute atomic E-state index is 0.00120. The van der Waals surface area contributed by atoms with Crippen LogP contribution in [0.4, 0.5) is 9.18 Å². The van der Waals surface area contributed by atoms with E-state index in [1.807, 2.05) is 0 Å². The average Bonchev–Trinajstić information content (AvgIpc) is 2.71. The lowest BCUT2D eigenvalue weighted by Gasteiger charge is -2.10. The third kappa shape index (κ3) is 3.48. The van der Waals surface area contributed by atoms with Crippen molar-refractivity contribution in [3.05, 3.63) is 39.5 Å². The fourth-order valence-corrected chi connectivity index (χ4v) is 2.79. The van der Waals surface area contributed by atoms with Crippen LogP contribution in [0.25, 0.3) is 6.08 Å². The molecule has 1 aliphatic heterocycles. The van der Waals surface area contributed by atoms with Crippen LogP contribution in [-0.2, 0) is 14.3 Å². The van der Waals surface area contributed by atoms with Crippen molar-refractivity contribution >= 4 is 46.6 Å². The van der Waals surface area contributed by atoms with E-state index in [0.29, 0.717) is 11.8 Å². The second-order valence-corrected chi connectivity index (χ2v) is 5.61. The van der Waals surface area contributed by atoms with E-state index in [9.17, 15) is 18.8 Å². The van der Waals surface area contributed by atoms with Gasteiger partial charge in [-0.15, -0.1) is 0 Å². The molecule has 0 N–H and O–H groups in total. The SMILES string of the molecule is CCOC(=O)CN1C(=O)S/C(=C\c2c(F)cccc2Cl)C1=O. The Kier molecular flexibility index (Phi) is 5.20. The number of hydrogen-bond donors (Lipinski definition) is 0. The molecule has 2 rings (SSSR count). The van der Waals surface area contributed by atoms with E-state index >= 15 is 0 Å². The topological polar surface area (TPSA) is 63.7 Å². The molecule has 1 aromatic carbocycles. The van der Waals surface area contributed by atoms with E-state index in [1.165, 1.54) is 24.3 Å². The molecule has 0 spiro atoms. The Balaban J connectivity index is 2.24. The van der Waals surface area contributed by atoms with Crippen LogP contribution in [-0.4, -0.2) is 35.2 Å². The Morgan fingerprint density at radius 3 is 2.82 bits per heavy atom. The largest absolute Gasteiger partial charge is 0.465 e. The Morgan fingerprint density at radius 2 is 2.18 bits per heavy atom. The Hall–Kier alpha value is -1.86. The van der Waals surface area contributed by atoms with Gasteiger partial charge in [0.25, 0.3) is 11.1 Å². The standard InChI is InChI=1S/C14H11ClFNO4S/c1-2-21-12(18)7-17-13(19)11(22-14(17)20)6-8-9(15)4-3-5-10(8)16/h3-6H,2,7H2,1H3/b11-6-. The lowest BCUT2D eigenvalue weighted by molar-refractivity contribution is -0.145. The Labute approximate surface area is 135 Å². The predicted octanol–water partition coefficient (Wildman–Crippen LogP) is 3.08. The monoisotopic (exact) mass is 343 g/mol. The molecule has 1 saturated heterocycles. The minimum Gasteiger partial charge on any atom is -0.465 e. The molecule has 1 aliphatic rings. The molecule has 8 heteroatoms. The maximum absolute atomic E-state index is 13.7. The summed E-state index contributed by atoms with van der Waals surface area (Å²) < 4.78 is 18.4. The summed E-state index contributed by atoms with van der Waals surface area (Å²) in [5.41, 5.74) is 0.0193. The molecule has 0 radical (unpaired) electrons. The summed E-state index contributed by atoms with van der Waals surface area (Å²) in [5.74, 6) is -1.97. The van der Waals surface area contributed by atoms with Gasteiger partial charge in [-0.25, -0.2) is 4.39 Å². The number of benzene rings is 1. The quantitative estimate of drug-likeness (QED) is 0.621. The molecule has 22 heavy (non-hydrogen) atoms. The number of esters is 1. The second-order valence-electron chi connectivity index (χ2n) is 4.21. The molecule has 0 atom stereocenters. The average molecular weight is 344 g/mol. The first kappa shape index (κ1) is 16.5. The van der Waals surface area contributed by atoms with E-state index in [4.69, 9.17) is 16.3 Å². The molecule has 0 aliphatic carbocycles. The van der Waals surface area contributed by atoms with Gasteiger partial charge in [-0.3, -0.25) is 19.3 Å². The van der Waals surface area contributed by atoms with E-state index in [-0.39, 0.29) is 22.1 Å². The van der Waals surface area contributed by atoms with Crippen LogP contribution in [0, 0.1) is 5.82 Å². The summed E-state index contributed by atoms with van der Waals surface area (Å²) in [6.45, 7) is 1.29. The van der Waals surface area contributed by atoms with Crippen LogP contribution < -0.4 is 0 Å². The summed E-state index contributed by atoms with van der Waals surface area (Å²) in [6, 6.07) is 4.10. The van der Waals surface area contributed by atoms with E-state index in [1.54, 1.807) is 6.92 Å². The van der Waals surface area contributed by atoms with Gasteiger partial charge in [0.1, 0.15) is 12.4 Å². The number of nitrogens with zero attached hydrogens (tertiary/aromatic N) is 1. The van der Waals surface area contributed by atoms with Crippen LogP contribution in [0.1, 0.15) is 12.5 Å². The van der Waals surface area contributed by atoms with Crippen molar-refractivity contribution in [2.75, 3.05) is 13.2 Å². The van der Waals surface area contributed by atoms with Gasteiger partial charge in [-0.05, 0) is 36.9 Å². The molecule has 116 valence electrons. The number of carbonyl (C=O) groups excluding carboxylic acids is 3. The molecule has 1 aromatic rings. The van der Waals surface area contributed by atoms with Crippen LogP contribution in [0.5, 0.6) is 0 Å². The molecule has 2 amide bonds. The van der Waals surface area contributed by atoms with Gasteiger partial charge in [0.2, 0.25) is 0 Å². The summed E-state index contributed by atoms with van der Waals surface area (Å²) >= 11 is 6.50. The van der Waals surface area contributed by atoms with Crippen molar-refractivity contribution in [1.29, 1.82) is 0 Å². The Bertz CT molecular complexity index is 657. The summed E-state index contributed by atoms with van der Waals surface area (Å²) in [5, 5.41) is -0.492. The fraction of sp³-hybridized carbons (Fsp3) is 0.214. The first-order valence-corrected chi connectivity index (χ1v) is 7.48. The van der Waals surface area contributed by atoms with Crippen molar-refractivity contribution in [3.8, 4) is 0 Å². The normalized spacial score (nSPS) is 16.5. The van der Waals surface area contributed by atoms with Crippen molar-refractivity contribution in [2.24, 2.45) is 0 Å². The van der Waals surface area contributed by atoms with Crippen molar-refractivity contribution < 1.29 is 23.5 Å². The maximum Gasteiger partial charge on any atom is 0.326 e. The maximum atomic E-state index is 13.7. The number of hydrogen-bond acceptors (Lipinski definition) is 5. The van der Waals surface area contributed by atoms with E-state index in [2.05, 4.69) is 0 Å².